The van der Waals surface area contributed by atoms with Gasteiger partial charge >= 0.3 is 11.9 Å². The maximum atomic E-state index is 12.2. The molecule has 5 rings (SSSR count). The van der Waals surface area contributed by atoms with E-state index in [1.165, 1.54) is 0 Å². The van der Waals surface area contributed by atoms with Crippen LogP contribution in [-0.4, -0.2) is 47.7 Å². The minimum atomic E-state index is -0.0569. The van der Waals surface area contributed by atoms with Crippen LogP contribution >= 0.6 is 0 Å². The number of ether oxygens (including phenoxy) is 2. The fraction of sp³-hybridized carbons (Fsp3) is 0.727. The van der Waals surface area contributed by atoms with Crippen molar-refractivity contribution >= 4 is 11.9 Å². The van der Waals surface area contributed by atoms with Crippen LogP contribution in [0.5, 0.6) is 0 Å². The molecule has 0 spiro atoms. The van der Waals surface area contributed by atoms with Crippen molar-refractivity contribution in [2.75, 3.05) is 6.54 Å². The summed E-state index contributed by atoms with van der Waals surface area (Å²) in [4.78, 5) is 26.8. The predicted octanol–water partition coefficient (Wildman–Crippen LogP) is 2.71. The average molecular weight is 371 g/mol. The molecule has 4 fully saturated rings. The van der Waals surface area contributed by atoms with Crippen LogP contribution in [0, 0.1) is 29.6 Å². The van der Waals surface area contributed by atoms with Gasteiger partial charge in [0.1, 0.15) is 12.2 Å². The van der Waals surface area contributed by atoms with Gasteiger partial charge in [-0.1, -0.05) is 25.2 Å². The van der Waals surface area contributed by atoms with E-state index < -0.39 is 0 Å². The van der Waals surface area contributed by atoms with E-state index in [0.717, 1.165) is 32.2 Å². The Labute approximate surface area is 160 Å². The molecule has 0 bridgehead atoms. The monoisotopic (exact) mass is 371 g/mol. The van der Waals surface area contributed by atoms with E-state index >= 15 is 0 Å². The standard InChI is InChI=1S/C22H29NO4/c1-3-6-14-13-7-4-5-8-23-17(18-9-12(2)22(25)26-18)10-15(20(13)23)16-11-19(24)27-21(14)16/h3-5,12-18,20-21H,1,6-11H2,2H3/t12-,13+,14+,15?,16+,17-,18-,20?,21-/m0/s1. The molecule has 9 atom stereocenters. The van der Waals surface area contributed by atoms with Crippen molar-refractivity contribution in [3.63, 3.8) is 0 Å². The van der Waals surface area contributed by atoms with Crippen molar-refractivity contribution in [1.29, 1.82) is 0 Å². The first kappa shape index (κ1) is 17.5. The number of carbonyl (C=O) groups is 2. The highest BCUT2D eigenvalue weighted by molar-refractivity contribution is 5.74. The molecule has 5 nitrogen and oxygen atoms in total. The molecule has 4 aliphatic heterocycles. The molecule has 0 aromatic rings. The second-order valence-corrected chi connectivity index (χ2v) is 9.15. The van der Waals surface area contributed by atoms with Gasteiger partial charge in [0.15, 0.2) is 0 Å². The Bertz CT molecular complexity index is 688. The van der Waals surface area contributed by atoms with E-state index in [9.17, 15) is 9.59 Å². The molecule has 0 aromatic heterocycles. The highest BCUT2D eigenvalue weighted by atomic mass is 16.6. The lowest BCUT2D eigenvalue weighted by atomic mass is 9.62. The molecule has 0 N–H and O–H groups in total. The van der Waals surface area contributed by atoms with Gasteiger partial charge in [0, 0.05) is 30.5 Å². The summed E-state index contributed by atoms with van der Waals surface area (Å²) in [5.74, 6) is 1.46. The van der Waals surface area contributed by atoms with Gasteiger partial charge in [-0.2, -0.15) is 0 Å². The molecule has 146 valence electrons. The highest BCUT2D eigenvalue weighted by Gasteiger charge is 2.61. The molecule has 1 saturated carbocycles. The van der Waals surface area contributed by atoms with Gasteiger partial charge in [0.25, 0.3) is 0 Å². The molecule has 4 heterocycles. The van der Waals surface area contributed by atoms with E-state index in [0.29, 0.717) is 36.1 Å². The van der Waals surface area contributed by atoms with E-state index in [1.807, 2.05) is 13.0 Å². The van der Waals surface area contributed by atoms with Gasteiger partial charge in [-0.05, 0) is 37.5 Å². The molecule has 27 heavy (non-hydrogen) atoms. The summed E-state index contributed by atoms with van der Waals surface area (Å²) in [7, 11) is 0. The SMILES string of the molecule is C=CC[C@H]1[C@@H]2OC(=O)C[C@@H]2C2C[C@@H]([C@@H]3C[C@H](C)C(=O)O3)N3CC=CC[C@H]1C23. The van der Waals surface area contributed by atoms with Crippen LogP contribution in [0.25, 0.3) is 0 Å². The highest BCUT2D eigenvalue weighted by Crippen LogP contribution is 2.55. The smallest absolute Gasteiger partial charge is 0.309 e. The van der Waals surface area contributed by atoms with Crippen molar-refractivity contribution < 1.29 is 19.1 Å². The first-order chi connectivity index (χ1) is 13.1. The molecular formula is C22H29NO4. The first-order valence-electron chi connectivity index (χ1n) is 10.5. The van der Waals surface area contributed by atoms with Crippen LogP contribution < -0.4 is 0 Å². The zero-order chi connectivity index (χ0) is 18.7. The normalized spacial score (nSPS) is 48.6. The maximum absolute atomic E-state index is 12.2. The Balaban J connectivity index is 1.50. The Hall–Kier alpha value is -1.62. The van der Waals surface area contributed by atoms with E-state index in [1.54, 1.807) is 0 Å². The van der Waals surface area contributed by atoms with Gasteiger partial charge in [-0.25, -0.2) is 0 Å². The van der Waals surface area contributed by atoms with Gasteiger partial charge in [-0.3, -0.25) is 14.5 Å². The number of rotatable bonds is 3. The molecule has 2 unspecified atom stereocenters. The van der Waals surface area contributed by atoms with Gasteiger partial charge in [0.05, 0.1) is 12.3 Å². The second-order valence-electron chi connectivity index (χ2n) is 9.15. The topological polar surface area (TPSA) is 55.8 Å². The third-order valence-electron chi connectivity index (χ3n) is 7.83. The second kappa shape index (κ2) is 6.47. The molecule has 0 radical (unpaired) electrons. The fourth-order valence-corrected chi connectivity index (χ4v) is 6.79. The van der Waals surface area contributed by atoms with E-state index in [4.69, 9.17) is 9.47 Å². The molecule has 5 aliphatic rings. The summed E-state index contributed by atoms with van der Waals surface area (Å²) in [5, 5.41) is 0. The summed E-state index contributed by atoms with van der Waals surface area (Å²) in [6, 6.07) is 0.707. The van der Waals surface area contributed by atoms with Gasteiger partial charge < -0.3 is 9.47 Å². The minimum absolute atomic E-state index is 0.00593. The number of carbonyl (C=O) groups excluding carboxylic acids is 2. The number of allylic oxidation sites excluding steroid dienone is 2. The van der Waals surface area contributed by atoms with Gasteiger partial charge in [0.2, 0.25) is 0 Å². The lowest BCUT2D eigenvalue weighted by Gasteiger charge is -2.47. The molecule has 3 saturated heterocycles. The van der Waals surface area contributed by atoms with Crippen molar-refractivity contribution in [3.05, 3.63) is 24.8 Å². The number of esters is 2. The van der Waals surface area contributed by atoms with Crippen LogP contribution in [0.15, 0.2) is 24.8 Å². The van der Waals surface area contributed by atoms with Crippen molar-refractivity contribution in [2.24, 2.45) is 29.6 Å². The summed E-state index contributed by atoms with van der Waals surface area (Å²) in [6.45, 7) is 6.85. The lowest BCUT2D eigenvalue weighted by Crippen LogP contribution is -2.54. The van der Waals surface area contributed by atoms with Crippen molar-refractivity contribution in [2.45, 2.75) is 63.3 Å². The molecule has 5 heteroatoms. The van der Waals surface area contributed by atoms with Crippen molar-refractivity contribution in [1.82, 2.24) is 4.90 Å². The van der Waals surface area contributed by atoms with E-state index in [-0.39, 0.29) is 36.1 Å². The number of nitrogens with zero attached hydrogens (tertiary/aromatic N) is 1. The summed E-state index contributed by atoms with van der Waals surface area (Å²) in [6.07, 6.45) is 10.9. The lowest BCUT2D eigenvalue weighted by molar-refractivity contribution is -0.146. The quantitative estimate of drug-likeness (QED) is 0.564. The summed E-state index contributed by atoms with van der Waals surface area (Å²) < 4.78 is 11.6. The van der Waals surface area contributed by atoms with Crippen molar-refractivity contribution in [3.8, 4) is 0 Å². The minimum Gasteiger partial charge on any atom is -0.462 e. The molecule has 1 aliphatic carbocycles. The fourth-order valence-electron chi connectivity index (χ4n) is 6.79. The Morgan fingerprint density at radius 3 is 2.78 bits per heavy atom. The first-order valence-corrected chi connectivity index (χ1v) is 10.5. The number of hydrogen-bond donors (Lipinski definition) is 0. The Morgan fingerprint density at radius 2 is 2.04 bits per heavy atom. The third kappa shape index (κ3) is 2.61. The summed E-state index contributed by atoms with van der Waals surface area (Å²) in [5.41, 5.74) is 0. The van der Waals surface area contributed by atoms with Crippen LogP contribution in [0.2, 0.25) is 0 Å². The third-order valence-corrected chi connectivity index (χ3v) is 7.83. The Morgan fingerprint density at radius 1 is 1.19 bits per heavy atom. The van der Waals surface area contributed by atoms with Crippen LogP contribution in [-0.2, 0) is 19.1 Å². The molecule has 0 amide bonds. The average Bonchev–Trinajstić information content (AvgIpc) is 3.24. The van der Waals surface area contributed by atoms with Crippen LogP contribution in [0.3, 0.4) is 0 Å². The number of cyclic esters (lactones) is 1. The van der Waals surface area contributed by atoms with E-state index in [2.05, 4.69) is 23.6 Å². The van der Waals surface area contributed by atoms with Gasteiger partial charge in [-0.15, -0.1) is 6.58 Å². The zero-order valence-corrected chi connectivity index (χ0v) is 16.0. The molecule has 0 aromatic carbocycles. The zero-order valence-electron chi connectivity index (χ0n) is 16.0. The largest absolute Gasteiger partial charge is 0.462 e. The summed E-state index contributed by atoms with van der Waals surface area (Å²) >= 11 is 0. The molecular weight excluding hydrogens is 342 g/mol. The maximum Gasteiger partial charge on any atom is 0.309 e. The number of hydrogen-bond acceptors (Lipinski definition) is 5. The Kier molecular flexibility index (Phi) is 4.19. The van der Waals surface area contributed by atoms with Crippen LogP contribution in [0.4, 0.5) is 0 Å². The number of fused-ring (bicyclic) bond motifs is 2. The van der Waals surface area contributed by atoms with Crippen LogP contribution in [0.1, 0.15) is 39.0 Å². The predicted molar refractivity (Wildman–Crippen MR) is 99.6 cm³/mol.